The second-order valence-corrected chi connectivity index (χ2v) is 7.91. The van der Waals surface area contributed by atoms with E-state index in [1.807, 2.05) is 0 Å². The maximum absolute atomic E-state index is 11.4. The molecule has 108 valence electrons. The molecule has 0 bridgehead atoms. The van der Waals surface area contributed by atoms with Crippen LogP contribution in [0.25, 0.3) is 10.6 Å². The first-order valence-electron chi connectivity index (χ1n) is 6.22. The lowest BCUT2D eigenvalue weighted by molar-refractivity contribution is 0.585. The van der Waals surface area contributed by atoms with Crippen LogP contribution in [0.5, 0.6) is 0 Å². The molecule has 1 aromatic heterocycles. The third kappa shape index (κ3) is 3.84. The second-order valence-electron chi connectivity index (χ2n) is 4.83. The lowest BCUT2D eigenvalue weighted by atomic mass is 10.2. The fraction of sp³-hybridized carbons (Fsp3) is 0.385. The smallest absolute Gasteiger partial charge is 0.175 e. The van der Waals surface area contributed by atoms with Crippen LogP contribution in [-0.4, -0.2) is 30.9 Å². The summed E-state index contributed by atoms with van der Waals surface area (Å²) in [6.45, 7) is 4.84. The van der Waals surface area contributed by atoms with Gasteiger partial charge in [-0.25, -0.2) is 8.42 Å². The van der Waals surface area contributed by atoms with Gasteiger partial charge in [-0.2, -0.15) is 0 Å². The van der Waals surface area contributed by atoms with Crippen molar-refractivity contribution in [2.75, 3.05) is 6.26 Å². The van der Waals surface area contributed by atoms with E-state index in [4.69, 9.17) is 0 Å². The predicted octanol–water partition coefficient (Wildman–Crippen LogP) is 2.11. The van der Waals surface area contributed by atoms with Crippen molar-refractivity contribution in [3.05, 3.63) is 29.3 Å². The van der Waals surface area contributed by atoms with Gasteiger partial charge >= 0.3 is 0 Å². The first-order valence-corrected chi connectivity index (χ1v) is 8.93. The zero-order valence-corrected chi connectivity index (χ0v) is 13.3. The highest BCUT2D eigenvalue weighted by atomic mass is 32.2. The third-order valence-corrected chi connectivity index (χ3v) is 4.76. The fourth-order valence-electron chi connectivity index (χ4n) is 1.58. The summed E-state index contributed by atoms with van der Waals surface area (Å²) in [6, 6.07) is 7.11. The summed E-state index contributed by atoms with van der Waals surface area (Å²) in [6.07, 6.45) is 1.20. The lowest BCUT2D eigenvalue weighted by Gasteiger charge is -2.03. The third-order valence-electron chi connectivity index (χ3n) is 2.66. The lowest BCUT2D eigenvalue weighted by Crippen LogP contribution is -2.21. The molecule has 0 aliphatic carbocycles. The topological polar surface area (TPSA) is 72.0 Å². The first kappa shape index (κ1) is 15.1. The Hall–Kier alpha value is -1.31. The second kappa shape index (κ2) is 5.99. The van der Waals surface area contributed by atoms with Gasteiger partial charge in [0.15, 0.2) is 9.84 Å². The molecule has 0 amide bonds. The minimum absolute atomic E-state index is 0.312. The van der Waals surface area contributed by atoms with Crippen molar-refractivity contribution >= 4 is 21.2 Å². The van der Waals surface area contributed by atoms with Crippen LogP contribution in [0.2, 0.25) is 0 Å². The first-order chi connectivity index (χ1) is 9.36. The van der Waals surface area contributed by atoms with Crippen molar-refractivity contribution in [1.82, 2.24) is 15.5 Å². The van der Waals surface area contributed by atoms with Crippen LogP contribution >= 0.6 is 11.3 Å². The molecule has 0 fully saturated rings. The van der Waals surface area contributed by atoms with Gasteiger partial charge < -0.3 is 5.32 Å². The number of rotatable bonds is 5. The van der Waals surface area contributed by atoms with E-state index >= 15 is 0 Å². The molecule has 2 rings (SSSR count). The van der Waals surface area contributed by atoms with E-state index in [1.54, 1.807) is 24.3 Å². The van der Waals surface area contributed by atoms with Crippen LogP contribution in [0.1, 0.15) is 18.9 Å². The van der Waals surface area contributed by atoms with Crippen molar-refractivity contribution in [3.8, 4) is 10.6 Å². The average Bonchev–Trinajstić information content (AvgIpc) is 2.84. The molecule has 7 heteroatoms. The Morgan fingerprint density at radius 3 is 2.40 bits per heavy atom. The summed E-state index contributed by atoms with van der Waals surface area (Å²) >= 11 is 1.51. The van der Waals surface area contributed by atoms with E-state index in [1.165, 1.54) is 17.6 Å². The highest BCUT2D eigenvalue weighted by Crippen LogP contribution is 2.24. The molecule has 0 unspecified atom stereocenters. The zero-order chi connectivity index (χ0) is 14.8. The van der Waals surface area contributed by atoms with Gasteiger partial charge in [-0.05, 0) is 12.1 Å². The average molecular weight is 311 g/mol. The molecular formula is C13H17N3O2S2. The van der Waals surface area contributed by atoms with E-state index in [0.717, 1.165) is 15.6 Å². The van der Waals surface area contributed by atoms with Crippen molar-refractivity contribution in [2.24, 2.45) is 0 Å². The van der Waals surface area contributed by atoms with E-state index in [9.17, 15) is 8.42 Å². The van der Waals surface area contributed by atoms with Crippen molar-refractivity contribution < 1.29 is 8.42 Å². The van der Waals surface area contributed by atoms with Gasteiger partial charge in [0.1, 0.15) is 10.0 Å². The normalized spacial score (nSPS) is 12.0. The summed E-state index contributed by atoms with van der Waals surface area (Å²) in [5.41, 5.74) is 0.880. The Kier molecular flexibility index (Phi) is 4.52. The number of benzene rings is 1. The molecule has 0 saturated heterocycles. The van der Waals surface area contributed by atoms with Crippen molar-refractivity contribution in [2.45, 2.75) is 31.3 Å². The molecule has 0 aliphatic rings. The summed E-state index contributed by atoms with van der Waals surface area (Å²) in [5, 5.41) is 13.3. The summed E-state index contributed by atoms with van der Waals surface area (Å²) < 4.78 is 22.8. The van der Waals surface area contributed by atoms with E-state index < -0.39 is 9.84 Å². The summed E-state index contributed by atoms with van der Waals surface area (Å²) in [5.74, 6) is 0. The van der Waals surface area contributed by atoms with Crippen molar-refractivity contribution in [3.63, 3.8) is 0 Å². The van der Waals surface area contributed by atoms with Crippen LogP contribution in [0, 0.1) is 0 Å². The molecule has 0 aliphatic heterocycles. The molecule has 0 radical (unpaired) electrons. The van der Waals surface area contributed by atoms with Crippen molar-refractivity contribution in [1.29, 1.82) is 0 Å². The minimum atomic E-state index is -3.16. The maximum atomic E-state index is 11.4. The van der Waals surface area contributed by atoms with Crippen LogP contribution in [0.4, 0.5) is 0 Å². The monoisotopic (exact) mass is 311 g/mol. The van der Waals surface area contributed by atoms with Gasteiger partial charge in [0.05, 0.1) is 4.90 Å². The molecule has 5 nitrogen and oxygen atoms in total. The Morgan fingerprint density at radius 2 is 1.85 bits per heavy atom. The standard InChI is InChI=1S/C13H17N3O2S2/c1-9(2)14-8-12-15-16-13(19-12)10-4-6-11(7-5-10)20(3,17)18/h4-7,9,14H,8H2,1-3H3. The number of sulfone groups is 1. The van der Waals surface area contributed by atoms with Crippen LogP contribution < -0.4 is 5.32 Å². The van der Waals surface area contributed by atoms with Crippen LogP contribution in [-0.2, 0) is 16.4 Å². The van der Waals surface area contributed by atoms with Crippen LogP contribution in [0.3, 0.4) is 0 Å². The maximum Gasteiger partial charge on any atom is 0.175 e. The number of aromatic nitrogens is 2. The molecule has 0 saturated carbocycles. The molecule has 20 heavy (non-hydrogen) atoms. The molecule has 1 N–H and O–H groups in total. The number of hydrogen-bond acceptors (Lipinski definition) is 6. The molecule has 1 heterocycles. The number of hydrogen-bond donors (Lipinski definition) is 1. The van der Waals surface area contributed by atoms with E-state index in [-0.39, 0.29) is 0 Å². The molecule has 0 atom stereocenters. The van der Waals surface area contributed by atoms with Gasteiger partial charge in [0, 0.05) is 24.4 Å². The number of nitrogens with one attached hydrogen (secondary N) is 1. The Morgan fingerprint density at radius 1 is 1.20 bits per heavy atom. The molecule has 1 aromatic carbocycles. The largest absolute Gasteiger partial charge is 0.308 e. The van der Waals surface area contributed by atoms with Crippen LogP contribution in [0.15, 0.2) is 29.2 Å². The molecule has 0 spiro atoms. The minimum Gasteiger partial charge on any atom is -0.308 e. The van der Waals surface area contributed by atoms with E-state index in [0.29, 0.717) is 17.5 Å². The Balaban J connectivity index is 2.16. The highest BCUT2D eigenvalue weighted by molar-refractivity contribution is 7.90. The molecule has 2 aromatic rings. The van der Waals surface area contributed by atoms with Gasteiger partial charge in [0.2, 0.25) is 0 Å². The quantitative estimate of drug-likeness (QED) is 0.915. The Bertz CT molecular complexity index is 676. The van der Waals surface area contributed by atoms with Gasteiger partial charge in [-0.1, -0.05) is 37.3 Å². The van der Waals surface area contributed by atoms with Gasteiger partial charge in [-0.15, -0.1) is 10.2 Å². The van der Waals surface area contributed by atoms with Gasteiger partial charge in [-0.3, -0.25) is 0 Å². The molecular weight excluding hydrogens is 294 g/mol. The predicted molar refractivity (Wildman–Crippen MR) is 80.4 cm³/mol. The highest BCUT2D eigenvalue weighted by Gasteiger charge is 2.10. The van der Waals surface area contributed by atoms with Gasteiger partial charge in [0.25, 0.3) is 0 Å². The summed E-state index contributed by atoms with van der Waals surface area (Å²) in [4.78, 5) is 0.312. The van der Waals surface area contributed by atoms with E-state index in [2.05, 4.69) is 29.4 Å². The summed E-state index contributed by atoms with van der Waals surface area (Å²) in [7, 11) is -3.16. The fourth-order valence-corrected chi connectivity index (χ4v) is 3.00. The zero-order valence-electron chi connectivity index (χ0n) is 11.6. The SMILES string of the molecule is CC(C)NCc1nnc(-c2ccc(S(C)(=O)=O)cc2)s1. The number of nitrogens with zero attached hydrogens (tertiary/aromatic N) is 2. The Labute approximate surface area is 123 Å².